The molecule has 0 amide bonds. The van der Waals surface area contributed by atoms with Gasteiger partial charge in [0.05, 0.1) is 25.6 Å². The van der Waals surface area contributed by atoms with E-state index in [4.69, 9.17) is 16.0 Å². The molecule has 0 saturated carbocycles. The molecule has 0 bridgehead atoms. The predicted octanol–water partition coefficient (Wildman–Crippen LogP) is 4.52. The topological polar surface area (TPSA) is 85.1 Å². The van der Waals surface area contributed by atoms with Gasteiger partial charge in [-0.15, -0.1) is 0 Å². The number of aliphatic hydroxyl groups excluding tert-OH is 1. The Morgan fingerprint density at radius 3 is 2.55 bits per heavy atom. The lowest BCUT2D eigenvalue weighted by molar-refractivity contribution is 0.273. The number of rotatable bonds is 9. The first-order valence-electron chi connectivity index (χ1n) is 10.5. The Hall–Kier alpha value is -2.00. The van der Waals surface area contributed by atoms with E-state index in [2.05, 4.69) is 54.1 Å². The average Bonchev–Trinajstić information content (AvgIpc) is 3.10. The van der Waals surface area contributed by atoms with Crippen LogP contribution >= 0.6 is 11.6 Å². The van der Waals surface area contributed by atoms with Crippen LogP contribution in [0, 0.1) is 0 Å². The van der Waals surface area contributed by atoms with Crippen molar-refractivity contribution in [3.63, 3.8) is 0 Å². The van der Waals surface area contributed by atoms with Crippen LogP contribution in [0.15, 0.2) is 36.7 Å². The highest BCUT2D eigenvalue weighted by atomic mass is 35.5. The quantitative estimate of drug-likeness (QED) is 0.360. The van der Waals surface area contributed by atoms with E-state index in [0.717, 1.165) is 5.56 Å². The normalized spacial score (nSPS) is 13.5. The molecule has 1 atom stereocenters. The minimum atomic E-state index is -1.82. The van der Waals surface area contributed by atoms with Crippen molar-refractivity contribution in [3.05, 3.63) is 47.5 Å². The van der Waals surface area contributed by atoms with Crippen molar-refractivity contribution in [3.8, 4) is 0 Å². The first kappa shape index (κ1) is 23.7. The maximum atomic E-state index is 9.88. The zero-order valence-electron chi connectivity index (χ0n) is 18.9. The molecule has 0 aliphatic heterocycles. The highest BCUT2D eigenvalue weighted by Gasteiger charge is 2.36. The number of anilines is 1. The maximum absolute atomic E-state index is 9.88. The lowest BCUT2D eigenvalue weighted by Gasteiger charge is -2.36. The van der Waals surface area contributed by atoms with Gasteiger partial charge < -0.3 is 19.4 Å². The Labute approximate surface area is 190 Å². The number of imidazole rings is 1. The molecule has 0 aliphatic rings. The standard InChI is InChI=1S/C22H32ClN5O2Si/c1-22(2,3)31(4,5)30-12-11-28-15-24-18-19(26-21(23)27-20(18)28)25-17(14-29)13-16-9-7-6-8-10-16/h6-10,15,17,29H,11-14H2,1-5H3,(H,25,26,27)/t17-/m1/s1. The monoisotopic (exact) mass is 461 g/mol. The van der Waals surface area contributed by atoms with Crippen LogP contribution in [-0.4, -0.2) is 52.2 Å². The number of hydrogen-bond acceptors (Lipinski definition) is 6. The maximum Gasteiger partial charge on any atom is 0.226 e. The summed E-state index contributed by atoms with van der Waals surface area (Å²) in [4.78, 5) is 13.2. The van der Waals surface area contributed by atoms with Crippen LogP contribution in [0.2, 0.25) is 23.4 Å². The van der Waals surface area contributed by atoms with Crippen molar-refractivity contribution in [2.45, 2.75) is 57.9 Å². The fourth-order valence-corrected chi connectivity index (χ4v) is 4.25. The van der Waals surface area contributed by atoms with Crippen molar-refractivity contribution >= 4 is 36.9 Å². The molecule has 0 fully saturated rings. The molecular weight excluding hydrogens is 430 g/mol. The first-order valence-corrected chi connectivity index (χ1v) is 13.8. The zero-order valence-corrected chi connectivity index (χ0v) is 20.6. The number of nitrogens with zero attached hydrogens (tertiary/aromatic N) is 4. The van der Waals surface area contributed by atoms with Gasteiger partial charge in [-0.05, 0) is 41.7 Å². The summed E-state index contributed by atoms with van der Waals surface area (Å²) in [6, 6.07) is 9.78. The summed E-state index contributed by atoms with van der Waals surface area (Å²) in [6.07, 6.45) is 2.39. The number of nitrogens with one attached hydrogen (secondary N) is 1. The number of aliphatic hydroxyl groups is 1. The molecule has 0 radical (unpaired) electrons. The molecule has 2 heterocycles. The summed E-state index contributed by atoms with van der Waals surface area (Å²) in [5.74, 6) is 0.522. The van der Waals surface area contributed by atoms with Gasteiger partial charge in [-0.3, -0.25) is 0 Å². The number of hydrogen-bond donors (Lipinski definition) is 2. The van der Waals surface area contributed by atoms with E-state index in [-0.39, 0.29) is 23.0 Å². The van der Waals surface area contributed by atoms with Crippen LogP contribution in [0.25, 0.3) is 11.2 Å². The van der Waals surface area contributed by atoms with Crippen LogP contribution in [-0.2, 0) is 17.4 Å². The molecular formula is C22H32ClN5O2Si. The Balaban J connectivity index is 1.76. The third-order valence-corrected chi connectivity index (χ3v) is 10.6. The summed E-state index contributed by atoms with van der Waals surface area (Å²) in [5.41, 5.74) is 2.40. The molecule has 3 aromatic rings. The number of benzene rings is 1. The molecule has 3 rings (SSSR count). The van der Waals surface area contributed by atoms with Gasteiger partial charge in [0.2, 0.25) is 5.28 Å². The highest BCUT2D eigenvalue weighted by molar-refractivity contribution is 6.74. The molecule has 0 saturated heterocycles. The molecule has 0 aliphatic carbocycles. The van der Waals surface area contributed by atoms with Gasteiger partial charge in [0.25, 0.3) is 0 Å². The average molecular weight is 462 g/mol. The molecule has 2 N–H and O–H groups in total. The molecule has 9 heteroatoms. The fraction of sp³-hybridized carbons (Fsp3) is 0.500. The largest absolute Gasteiger partial charge is 0.415 e. The molecule has 0 unspecified atom stereocenters. The fourth-order valence-electron chi connectivity index (χ4n) is 3.05. The van der Waals surface area contributed by atoms with Gasteiger partial charge in [-0.1, -0.05) is 51.1 Å². The molecule has 1 aromatic carbocycles. The van der Waals surface area contributed by atoms with E-state index >= 15 is 0 Å². The Morgan fingerprint density at radius 1 is 1.19 bits per heavy atom. The molecule has 168 valence electrons. The van der Waals surface area contributed by atoms with Crippen molar-refractivity contribution < 1.29 is 9.53 Å². The Bertz CT molecular complexity index is 1000. The van der Waals surface area contributed by atoms with E-state index < -0.39 is 8.32 Å². The third-order valence-electron chi connectivity index (χ3n) is 5.92. The van der Waals surface area contributed by atoms with Gasteiger partial charge >= 0.3 is 0 Å². The number of aromatic nitrogens is 4. The molecule has 0 spiro atoms. The van der Waals surface area contributed by atoms with Crippen LogP contribution in [0.5, 0.6) is 0 Å². The second-order valence-electron chi connectivity index (χ2n) is 9.27. The second-order valence-corrected chi connectivity index (χ2v) is 14.4. The number of halogens is 1. The van der Waals surface area contributed by atoms with Gasteiger partial charge in [0.1, 0.15) is 0 Å². The van der Waals surface area contributed by atoms with Crippen molar-refractivity contribution in [1.29, 1.82) is 0 Å². The van der Waals surface area contributed by atoms with E-state index in [0.29, 0.717) is 36.6 Å². The molecule has 7 nitrogen and oxygen atoms in total. The van der Waals surface area contributed by atoms with E-state index in [1.807, 2.05) is 34.9 Å². The summed E-state index contributed by atoms with van der Waals surface area (Å²) in [5, 5.41) is 13.5. The predicted molar refractivity (Wildman–Crippen MR) is 128 cm³/mol. The van der Waals surface area contributed by atoms with Crippen molar-refractivity contribution in [2.24, 2.45) is 0 Å². The van der Waals surface area contributed by atoms with Gasteiger partial charge in [0.15, 0.2) is 25.3 Å². The van der Waals surface area contributed by atoms with E-state index in [1.165, 1.54) is 0 Å². The lowest BCUT2D eigenvalue weighted by atomic mass is 10.1. The third kappa shape index (κ3) is 5.82. The summed E-state index contributed by atoms with van der Waals surface area (Å²) in [7, 11) is -1.82. The van der Waals surface area contributed by atoms with Crippen molar-refractivity contribution in [2.75, 3.05) is 18.5 Å². The van der Waals surface area contributed by atoms with Gasteiger partial charge in [-0.2, -0.15) is 9.97 Å². The Morgan fingerprint density at radius 2 is 1.90 bits per heavy atom. The van der Waals surface area contributed by atoms with Crippen LogP contribution < -0.4 is 5.32 Å². The molecule has 31 heavy (non-hydrogen) atoms. The Kier molecular flexibility index (Phi) is 7.36. The summed E-state index contributed by atoms with van der Waals surface area (Å²) < 4.78 is 8.23. The number of fused-ring (bicyclic) bond motifs is 1. The second kappa shape index (κ2) is 9.64. The molecule has 2 aromatic heterocycles. The zero-order chi connectivity index (χ0) is 22.6. The minimum absolute atomic E-state index is 0.0426. The summed E-state index contributed by atoms with van der Waals surface area (Å²) in [6.45, 7) is 12.3. The first-order chi connectivity index (χ1) is 14.6. The summed E-state index contributed by atoms with van der Waals surface area (Å²) >= 11 is 6.22. The van der Waals surface area contributed by atoms with Gasteiger partial charge in [-0.25, -0.2) is 4.98 Å². The lowest BCUT2D eigenvalue weighted by Crippen LogP contribution is -2.41. The van der Waals surface area contributed by atoms with Crippen LogP contribution in [0.1, 0.15) is 26.3 Å². The van der Waals surface area contributed by atoms with Crippen molar-refractivity contribution in [1.82, 2.24) is 19.5 Å². The minimum Gasteiger partial charge on any atom is -0.415 e. The smallest absolute Gasteiger partial charge is 0.226 e. The van der Waals surface area contributed by atoms with Crippen LogP contribution in [0.4, 0.5) is 5.82 Å². The van der Waals surface area contributed by atoms with Crippen LogP contribution in [0.3, 0.4) is 0 Å². The van der Waals surface area contributed by atoms with E-state index in [9.17, 15) is 5.11 Å². The van der Waals surface area contributed by atoms with Gasteiger partial charge in [0, 0.05) is 6.54 Å². The highest BCUT2D eigenvalue weighted by Crippen LogP contribution is 2.36. The SMILES string of the molecule is CC(C)(C)[Si](C)(C)OCCn1cnc2c(N[C@@H](CO)Cc3ccccc3)nc(Cl)nc21. The van der Waals surface area contributed by atoms with E-state index in [1.54, 1.807) is 6.33 Å².